The number of hydrogen-bond donors (Lipinski definition) is 2. The van der Waals surface area contributed by atoms with E-state index in [2.05, 4.69) is 17.0 Å². The number of carbonyl (C=O) groups excluding carboxylic acids is 1. The zero-order chi connectivity index (χ0) is 18.4. The molecule has 0 saturated heterocycles. The van der Waals surface area contributed by atoms with Crippen molar-refractivity contribution < 1.29 is 34.1 Å². The van der Waals surface area contributed by atoms with Crippen LogP contribution in [-0.4, -0.2) is 28.8 Å². The predicted octanol–water partition coefficient (Wildman–Crippen LogP) is 0.291. The Labute approximate surface area is 168 Å². The molecule has 6 heteroatoms. The first-order chi connectivity index (χ1) is 12.7. The molecule has 0 radical (unpaired) electrons. The summed E-state index contributed by atoms with van der Waals surface area (Å²) in [6, 6.07) is 15.8. The number of halogens is 1. The number of likely N-dealkylation sites (N-methyl/N-ethyl adjacent to an activating group) is 1. The van der Waals surface area contributed by atoms with Gasteiger partial charge in [0.25, 0.3) is 0 Å². The molecule has 1 aromatic heterocycles. The molecule has 2 aromatic carbocycles. The number of hydrogen-bond acceptors (Lipinski definition) is 3. The molecule has 1 heterocycles. The number of nitrogens with one attached hydrogen (secondary N) is 2. The average Bonchev–Trinajstić information content (AvgIpc) is 3.09. The molecule has 1 atom stereocenters. The Hall–Kier alpha value is -1.51. The van der Waals surface area contributed by atoms with E-state index in [1.54, 1.807) is 3.11 Å². The van der Waals surface area contributed by atoms with E-state index in [4.69, 9.17) is 4.74 Å². The van der Waals surface area contributed by atoms with Crippen molar-refractivity contribution in [3.05, 3.63) is 65.9 Å². The molecule has 0 aliphatic rings. The van der Waals surface area contributed by atoms with Crippen molar-refractivity contribution in [2.75, 3.05) is 18.5 Å². The number of alkyl halides is 1. The number of aromatic nitrogens is 1. The van der Waals surface area contributed by atoms with Gasteiger partial charge in [0.15, 0.2) is 0 Å². The molecule has 0 spiro atoms. The summed E-state index contributed by atoms with van der Waals surface area (Å²) < 4.78 is 7.27. The van der Waals surface area contributed by atoms with Crippen molar-refractivity contribution in [1.82, 2.24) is 4.98 Å². The fourth-order valence-corrected chi connectivity index (χ4v) is 4.17. The molecular weight excluding hydrogens is 459 g/mol. The van der Waals surface area contributed by atoms with Crippen LogP contribution in [0.25, 0.3) is 10.9 Å². The van der Waals surface area contributed by atoms with Gasteiger partial charge < -0.3 is 0 Å². The number of benzene rings is 2. The van der Waals surface area contributed by atoms with Gasteiger partial charge >= 0.3 is 151 Å². The Kier molecular flexibility index (Phi) is 6.99. The minimum atomic E-state index is -0.268. The Morgan fingerprint density at radius 1 is 1.19 bits per heavy atom. The van der Waals surface area contributed by atoms with E-state index in [1.165, 1.54) is 17.3 Å². The third kappa shape index (κ3) is 5.02. The summed E-state index contributed by atoms with van der Waals surface area (Å²) in [6.45, 7) is 1.10. The molecule has 0 bridgehead atoms. The first-order valence-electron chi connectivity index (χ1n) is 8.46. The van der Waals surface area contributed by atoms with E-state index in [0.29, 0.717) is 11.5 Å². The third-order valence-corrected chi connectivity index (χ3v) is 7.38. The van der Waals surface area contributed by atoms with Crippen LogP contribution >= 0.6 is 11.8 Å². The summed E-state index contributed by atoms with van der Waals surface area (Å²) in [6.07, 6.45) is 3.02. The van der Waals surface area contributed by atoms with E-state index in [9.17, 15) is 4.79 Å². The second-order valence-corrected chi connectivity index (χ2v) is 9.82. The molecule has 138 valence electrons. The SMILES string of the molecule is C[I-][NH+](C)CCc1c[nH]c2cccc(OC(=O)SCc3ccccc3)c12. The molecular formula is C20H23IN2O2S. The minimum absolute atomic E-state index is 0.185. The van der Waals surface area contributed by atoms with Crippen LogP contribution in [0.4, 0.5) is 4.79 Å². The number of H-pyrrole nitrogens is 1. The summed E-state index contributed by atoms with van der Waals surface area (Å²) in [5, 5.41) is 0.763. The standard InChI is InChI=1S/C20H23IN2O2S/c1-21-23(2)12-11-16-13-22-17-9-6-10-18(19(16)17)25-20(24)26-14-15-7-4-3-5-8-15/h3-10,13,22-23H,11-12,14H2,1-2H3. The van der Waals surface area contributed by atoms with Crippen LogP contribution in [0.2, 0.25) is 0 Å². The van der Waals surface area contributed by atoms with Crippen molar-refractivity contribution in [3.63, 3.8) is 0 Å². The Morgan fingerprint density at radius 2 is 2.00 bits per heavy atom. The van der Waals surface area contributed by atoms with E-state index in [-0.39, 0.29) is 26.8 Å². The first-order valence-corrected chi connectivity index (χ1v) is 12.7. The van der Waals surface area contributed by atoms with Gasteiger partial charge in [-0.15, -0.1) is 0 Å². The Morgan fingerprint density at radius 3 is 2.77 bits per heavy atom. The van der Waals surface area contributed by atoms with Gasteiger partial charge in [0.1, 0.15) is 0 Å². The molecule has 0 aliphatic carbocycles. The monoisotopic (exact) mass is 482 g/mol. The number of ether oxygens (including phenoxy) is 1. The molecule has 1 unspecified atom stereocenters. The van der Waals surface area contributed by atoms with Crippen molar-refractivity contribution in [1.29, 1.82) is 0 Å². The molecule has 0 aliphatic heterocycles. The van der Waals surface area contributed by atoms with Gasteiger partial charge in [-0.25, -0.2) is 0 Å². The van der Waals surface area contributed by atoms with Crippen LogP contribution in [0.3, 0.4) is 0 Å². The molecule has 3 aromatic rings. The van der Waals surface area contributed by atoms with Gasteiger partial charge in [-0.05, 0) is 0 Å². The van der Waals surface area contributed by atoms with Crippen molar-refractivity contribution in [3.8, 4) is 5.75 Å². The molecule has 0 saturated carbocycles. The van der Waals surface area contributed by atoms with Crippen LogP contribution in [0.1, 0.15) is 11.1 Å². The van der Waals surface area contributed by atoms with Crippen LogP contribution in [0.15, 0.2) is 54.7 Å². The Balaban J connectivity index is 1.70. The first kappa shape index (κ1) is 19.3. The number of fused-ring (bicyclic) bond motifs is 1. The summed E-state index contributed by atoms with van der Waals surface area (Å²) >= 11 is 1.38. The van der Waals surface area contributed by atoms with E-state index in [1.807, 2.05) is 54.7 Å². The second-order valence-electron chi connectivity index (χ2n) is 5.98. The summed E-state index contributed by atoms with van der Waals surface area (Å²) in [5.41, 5.74) is 3.35. The molecule has 26 heavy (non-hydrogen) atoms. The van der Waals surface area contributed by atoms with Crippen LogP contribution in [-0.2, 0) is 12.2 Å². The maximum absolute atomic E-state index is 12.3. The van der Waals surface area contributed by atoms with Crippen LogP contribution in [0, 0.1) is 0 Å². The zero-order valence-corrected chi connectivity index (χ0v) is 17.9. The molecule has 2 N–H and O–H groups in total. The number of aromatic amines is 1. The summed E-state index contributed by atoms with van der Waals surface area (Å²) in [7, 11) is 2.24. The number of quaternary nitrogens is 1. The fraction of sp³-hybridized carbons (Fsp3) is 0.250. The van der Waals surface area contributed by atoms with Crippen molar-refractivity contribution in [2.45, 2.75) is 12.2 Å². The van der Waals surface area contributed by atoms with Gasteiger partial charge in [-0.1, -0.05) is 18.2 Å². The molecule has 4 nitrogen and oxygen atoms in total. The number of thioether (sulfide) groups is 1. The summed E-state index contributed by atoms with van der Waals surface area (Å²) in [5.74, 6) is 1.26. The van der Waals surface area contributed by atoms with Crippen molar-refractivity contribution >= 4 is 28.0 Å². The van der Waals surface area contributed by atoms with E-state index >= 15 is 0 Å². The molecule has 0 amide bonds. The van der Waals surface area contributed by atoms with E-state index < -0.39 is 0 Å². The fourth-order valence-electron chi connectivity index (χ4n) is 2.74. The number of carbonyl (C=O) groups is 1. The Bertz CT molecular complexity index is 867. The number of rotatable bonds is 7. The predicted molar refractivity (Wildman–Crippen MR) is 103 cm³/mol. The zero-order valence-electron chi connectivity index (χ0n) is 14.9. The second kappa shape index (κ2) is 9.43. The normalized spacial score (nSPS) is 12.4. The maximum atomic E-state index is 12.3. The molecule has 0 fully saturated rings. The van der Waals surface area contributed by atoms with E-state index in [0.717, 1.165) is 29.4 Å². The van der Waals surface area contributed by atoms with Gasteiger partial charge in [-0.3, -0.25) is 0 Å². The van der Waals surface area contributed by atoms with Gasteiger partial charge in [0, 0.05) is 0 Å². The van der Waals surface area contributed by atoms with Gasteiger partial charge in [-0.2, -0.15) is 0 Å². The quantitative estimate of drug-likeness (QED) is 0.220. The molecule has 3 rings (SSSR count). The average molecular weight is 482 g/mol. The van der Waals surface area contributed by atoms with Gasteiger partial charge in [0.2, 0.25) is 0 Å². The topological polar surface area (TPSA) is 46.5 Å². The van der Waals surface area contributed by atoms with Gasteiger partial charge in [0.05, 0.1) is 0 Å². The summed E-state index contributed by atoms with van der Waals surface area (Å²) in [4.78, 5) is 17.9. The van der Waals surface area contributed by atoms with Crippen molar-refractivity contribution in [2.24, 2.45) is 0 Å². The third-order valence-electron chi connectivity index (χ3n) is 4.20. The van der Waals surface area contributed by atoms with Crippen LogP contribution < -0.4 is 29.3 Å². The van der Waals surface area contributed by atoms with Crippen LogP contribution in [0.5, 0.6) is 5.75 Å².